The number of nitrogens with one attached hydrogen (secondary N) is 1. The van der Waals surface area contributed by atoms with Gasteiger partial charge in [0.2, 0.25) is 5.55 Å². The number of hydrogen-bond donors (Lipinski definition) is 1. The average molecular weight is 237 g/mol. The zero-order chi connectivity index (χ0) is 11.4. The molecule has 2 rings (SSSR count). The lowest BCUT2D eigenvalue weighted by molar-refractivity contribution is -0.118. The zero-order valence-electron chi connectivity index (χ0n) is 8.31. The van der Waals surface area contributed by atoms with Crippen LogP contribution in [0.4, 0.5) is 0 Å². The van der Waals surface area contributed by atoms with Crippen LogP contribution < -0.4 is 11.0 Å². The SMILES string of the molecule is O=C(CCl)N/N=c1\ccc2ccccc2o1. The molecule has 0 aliphatic carbocycles. The Morgan fingerprint density at radius 2 is 2.12 bits per heavy atom. The molecule has 0 atom stereocenters. The maximum atomic E-state index is 10.9. The normalized spacial score (nSPS) is 11.7. The molecule has 1 heterocycles. The fourth-order valence-corrected chi connectivity index (χ4v) is 1.29. The number of amides is 1. The predicted octanol–water partition coefficient (Wildman–Crippen LogP) is 1.60. The molecule has 0 saturated heterocycles. The van der Waals surface area contributed by atoms with E-state index in [0.29, 0.717) is 11.1 Å². The molecule has 4 nitrogen and oxygen atoms in total. The van der Waals surface area contributed by atoms with Crippen LogP contribution in [-0.4, -0.2) is 11.8 Å². The molecule has 2 aromatic rings. The number of fused-ring (bicyclic) bond motifs is 1. The molecule has 1 aromatic heterocycles. The molecule has 1 N–H and O–H groups in total. The Hall–Kier alpha value is -1.81. The van der Waals surface area contributed by atoms with E-state index >= 15 is 0 Å². The van der Waals surface area contributed by atoms with E-state index in [9.17, 15) is 4.79 Å². The Morgan fingerprint density at radius 3 is 2.94 bits per heavy atom. The van der Waals surface area contributed by atoms with Gasteiger partial charge in [-0.3, -0.25) is 4.79 Å². The molecular weight excluding hydrogens is 228 g/mol. The monoisotopic (exact) mass is 236 g/mol. The van der Waals surface area contributed by atoms with E-state index in [2.05, 4.69) is 10.5 Å². The second-order valence-corrected chi connectivity index (χ2v) is 3.36. The molecule has 0 radical (unpaired) electrons. The van der Waals surface area contributed by atoms with Crippen LogP contribution in [-0.2, 0) is 4.79 Å². The number of nitrogens with zero attached hydrogens (tertiary/aromatic N) is 1. The maximum Gasteiger partial charge on any atom is 0.255 e. The van der Waals surface area contributed by atoms with Crippen LogP contribution in [0.3, 0.4) is 0 Å². The lowest BCUT2D eigenvalue weighted by atomic mass is 10.2. The number of alkyl halides is 1. The van der Waals surface area contributed by atoms with Gasteiger partial charge < -0.3 is 4.42 Å². The summed E-state index contributed by atoms with van der Waals surface area (Å²) in [6.45, 7) is 0. The summed E-state index contributed by atoms with van der Waals surface area (Å²) in [7, 11) is 0. The quantitative estimate of drug-likeness (QED) is 0.636. The number of carbonyl (C=O) groups excluding carboxylic acids is 1. The summed E-state index contributed by atoms with van der Waals surface area (Å²) in [6.07, 6.45) is 0. The Labute approximate surface area is 96.5 Å². The molecule has 0 spiro atoms. The first-order chi connectivity index (χ1) is 7.79. The summed E-state index contributed by atoms with van der Waals surface area (Å²) in [5, 5.41) is 4.75. The first-order valence-corrected chi connectivity index (χ1v) is 5.20. The van der Waals surface area contributed by atoms with E-state index < -0.39 is 0 Å². The molecule has 5 heteroatoms. The summed E-state index contributed by atoms with van der Waals surface area (Å²) in [6, 6.07) is 11.1. The highest BCUT2D eigenvalue weighted by Crippen LogP contribution is 2.09. The molecule has 1 amide bonds. The van der Waals surface area contributed by atoms with Gasteiger partial charge in [0.05, 0.1) is 0 Å². The number of rotatable bonds is 2. The number of hydrogen-bond acceptors (Lipinski definition) is 3. The van der Waals surface area contributed by atoms with Crippen LogP contribution in [0, 0.1) is 0 Å². The fourth-order valence-electron chi connectivity index (χ4n) is 1.23. The smallest absolute Gasteiger partial charge is 0.255 e. The van der Waals surface area contributed by atoms with Gasteiger partial charge in [0.1, 0.15) is 11.5 Å². The van der Waals surface area contributed by atoms with Gasteiger partial charge in [0.15, 0.2) is 0 Å². The summed E-state index contributed by atoms with van der Waals surface area (Å²) in [4.78, 5) is 10.9. The molecule has 16 heavy (non-hydrogen) atoms. The summed E-state index contributed by atoms with van der Waals surface area (Å²) < 4.78 is 5.43. The van der Waals surface area contributed by atoms with Gasteiger partial charge in [-0.25, -0.2) is 5.43 Å². The lowest BCUT2D eigenvalue weighted by Gasteiger charge is -1.96. The van der Waals surface area contributed by atoms with Crippen LogP contribution >= 0.6 is 11.6 Å². The van der Waals surface area contributed by atoms with Gasteiger partial charge in [-0.15, -0.1) is 16.7 Å². The van der Waals surface area contributed by atoms with E-state index in [0.717, 1.165) is 5.39 Å². The molecule has 0 unspecified atom stereocenters. The van der Waals surface area contributed by atoms with Gasteiger partial charge in [0, 0.05) is 11.5 Å². The molecule has 82 valence electrons. The van der Waals surface area contributed by atoms with E-state index in [1.807, 2.05) is 30.3 Å². The highest BCUT2D eigenvalue weighted by atomic mass is 35.5. The third-order valence-electron chi connectivity index (χ3n) is 1.95. The zero-order valence-corrected chi connectivity index (χ0v) is 9.07. The van der Waals surface area contributed by atoms with Crippen molar-refractivity contribution in [1.29, 1.82) is 0 Å². The number of para-hydroxylation sites is 1. The Morgan fingerprint density at radius 1 is 1.31 bits per heavy atom. The van der Waals surface area contributed by atoms with Crippen molar-refractivity contribution in [1.82, 2.24) is 5.43 Å². The topological polar surface area (TPSA) is 54.6 Å². The number of benzene rings is 1. The van der Waals surface area contributed by atoms with Crippen molar-refractivity contribution >= 4 is 28.5 Å². The number of carbonyl (C=O) groups is 1. The van der Waals surface area contributed by atoms with Crippen molar-refractivity contribution in [2.24, 2.45) is 5.10 Å². The largest absolute Gasteiger partial charge is 0.437 e. The number of halogens is 1. The third-order valence-corrected chi connectivity index (χ3v) is 2.19. The van der Waals surface area contributed by atoms with E-state index in [1.165, 1.54) is 0 Å². The highest BCUT2D eigenvalue weighted by molar-refractivity contribution is 6.27. The summed E-state index contributed by atoms with van der Waals surface area (Å²) >= 11 is 5.31. The van der Waals surface area contributed by atoms with E-state index in [4.69, 9.17) is 16.0 Å². The van der Waals surface area contributed by atoms with Gasteiger partial charge in [-0.1, -0.05) is 18.2 Å². The van der Waals surface area contributed by atoms with Crippen LogP contribution in [0.25, 0.3) is 11.0 Å². The van der Waals surface area contributed by atoms with Gasteiger partial charge in [-0.2, -0.15) is 0 Å². The summed E-state index contributed by atoms with van der Waals surface area (Å²) in [5.41, 5.74) is 3.32. The maximum absolute atomic E-state index is 10.9. The summed E-state index contributed by atoms with van der Waals surface area (Å²) in [5.74, 6) is -0.498. The van der Waals surface area contributed by atoms with Gasteiger partial charge in [-0.05, 0) is 12.1 Å². The van der Waals surface area contributed by atoms with Crippen LogP contribution in [0.1, 0.15) is 0 Å². The molecule has 0 aliphatic rings. The molecule has 0 bridgehead atoms. The minimum atomic E-state index is -0.370. The molecule has 0 aliphatic heterocycles. The van der Waals surface area contributed by atoms with Crippen LogP contribution in [0.2, 0.25) is 0 Å². The minimum absolute atomic E-state index is 0.128. The van der Waals surface area contributed by atoms with Crippen molar-refractivity contribution in [3.05, 3.63) is 42.0 Å². The van der Waals surface area contributed by atoms with Crippen molar-refractivity contribution in [3.63, 3.8) is 0 Å². The second kappa shape index (κ2) is 4.81. The molecule has 1 aromatic carbocycles. The Bertz CT molecular complexity index is 577. The fraction of sp³-hybridized carbons (Fsp3) is 0.0909. The Balaban J connectivity index is 2.35. The van der Waals surface area contributed by atoms with E-state index in [-0.39, 0.29) is 11.8 Å². The molecule has 0 fully saturated rings. The van der Waals surface area contributed by atoms with E-state index in [1.54, 1.807) is 6.07 Å². The standard InChI is InChI=1S/C11H9ClN2O2/c12-7-10(15)13-14-11-6-5-8-3-1-2-4-9(8)16-11/h1-6H,7H2,(H,13,15)/b14-11+. The first-order valence-electron chi connectivity index (χ1n) is 4.67. The predicted molar refractivity (Wildman–Crippen MR) is 60.6 cm³/mol. The van der Waals surface area contributed by atoms with Gasteiger partial charge >= 0.3 is 0 Å². The lowest BCUT2D eigenvalue weighted by Crippen LogP contribution is -2.21. The third kappa shape index (κ3) is 2.41. The van der Waals surface area contributed by atoms with Crippen LogP contribution in [0.15, 0.2) is 45.9 Å². The minimum Gasteiger partial charge on any atom is -0.437 e. The van der Waals surface area contributed by atoms with Crippen molar-refractivity contribution in [2.45, 2.75) is 0 Å². The molecule has 0 saturated carbocycles. The van der Waals surface area contributed by atoms with Crippen molar-refractivity contribution < 1.29 is 9.21 Å². The van der Waals surface area contributed by atoms with Gasteiger partial charge in [0.25, 0.3) is 5.91 Å². The van der Waals surface area contributed by atoms with Crippen molar-refractivity contribution in [2.75, 3.05) is 5.88 Å². The second-order valence-electron chi connectivity index (χ2n) is 3.09. The highest BCUT2D eigenvalue weighted by Gasteiger charge is 1.96. The first kappa shape index (κ1) is 10.7. The van der Waals surface area contributed by atoms with Crippen LogP contribution in [0.5, 0.6) is 0 Å². The Kier molecular flexibility index (Phi) is 3.22. The average Bonchev–Trinajstić information content (AvgIpc) is 2.35. The molecular formula is C11H9ClN2O2. The van der Waals surface area contributed by atoms with Crippen molar-refractivity contribution in [3.8, 4) is 0 Å².